The summed E-state index contributed by atoms with van der Waals surface area (Å²) in [6, 6.07) is 28.6. The summed E-state index contributed by atoms with van der Waals surface area (Å²) in [4.78, 5) is 0. The third-order valence-electron chi connectivity index (χ3n) is 6.33. The first-order chi connectivity index (χ1) is 16.0. The first-order valence-electron chi connectivity index (χ1n) is 12.0. The first-order valence-corrected chi connectivity index (χ1v) is 12.0. The van der Waals surface area contributed by atoms with Crippen LogP contribution in [0, 0.1) is 20.9 Å². The molecule has 0 amide bonds. The van der Waals surface area contributed by atoms with Crippen LogP contribution in [0.4, 0.5) is 0 Å². The van der Waals surface area contributed by atoms with Crippen molar-refractivity contribution in [2.75, 3.05) is 0 Å². The maximum Gasteiger partial charge on any atom is 0.0716 e. The summed E-state index contributed by atoms with van der Waals surface area (Å²) in [5.41, 5.74) is 10.8. The monoisotopic (exact) mass is 625 g/mol. The van der Waals surface area contributed by atoms with Gasteiger partial charge in [0.2, 0.25) is 0 Å². The smallest absolute Gasteiger partial charge is 0.0716 e. The van der Waals surface area contributed by atoms with E-state index in [1.54, 1.807) is 0 Å². The maximum atomic E-state index is 4.26. The van der Waals surface area contributed by atoms with Crippen molar-refractivity contribution < 1.29 is 24.7 Å². The molecule has 0 aliphatic heterocycles. The van der Waals surface area contributed by atoms with Crippen molar-refractivity contribution >= 4 is 0 Å². The number of rotatable bonds is 8. The van der Waals surface area contributed by atoms with Gasteiger partial charge in [-0.2, -0.15) is 18.6 Å². The zero-order chi connectivity index (χ0) is 23.2. The van der Waals surface area contributed by atoms with Gasteiger partial charge in [-0.05, 0) is 59.2 Å². The molecular weight excluding hydrogens is 591 g/mol. The summed E-state index contributed by atoms with van der Waals surface area (Å²) in [7, 11) is 4.18. The van der Waals surface area contributed by atoms with Gasteiger partial charge in [0.15, 0.2) is 0 Å². The Hall–Kier alpha value is -2.80. The molecule has 0 fully saturated rings. The molecule has 4 rings (SSSR count). The molecule has 0 atom stereocenters. The molecule has 0 spiro atoms. The molecule has 0 saturated heterocycles. The zero-order valence-electron chi connectivity index (χ0n) is 20.3. The molecule has 0 aliphatic carbocycles. The summed E-state index contributed by atoms with van der Waals surface area (Å²) >= 11 is 0. The predicted octanol–water partition coefficient (Wildman–Crippen LogP) is 8.23. The number of pyridine rings is 1. The molecule has 177 valence electrons. The van der Waals surface area contributed by atoms with E-state index < -0.39 is 0 Å². The van der Waals surface area contributed by atoms with Crippen molar-refractivity contribution in [2.45, 2.75) is 46.0 Å². The Morgan fingerprint density at radius 2 is 1.41 bits per heavy atom. The zero-order valence-corrected chi connectivity index (χ0v) is 22.7. The molecule has 0 bridgehead atoms. The third-order valence-corrected chi connectivity index (χ3v) is 6.33. The number of unbranched alkanes of at least 4 members (excludes halogenated alkanes) is 3. The molecule has 0 saturated carbocycles. The van der Waals surface area contributed by atoms with E-state index in [0.717, 1.165) is 23.2 Å². The fourth-order valence-corrected chi connectivity index (χ4v) is 4.44. The van der Waals surface area contributed by atoms with Crippen LogP contribution in [0.25, 0.3) is 33.5 Å². The SMILES string of the molecule is [CH2-]c1ccc(-c2cccc(-c3cccc(CCCCCC)c3)c2)cc1-c1ccc(C)c[n+]1[CH2-].[Ir]. The van der Waals surface area contributed by atoms with Crippen LogP contribution >= 0.6 is 0 Å². The number of benzene rings is 3. The first kappa shape index (κ1) is 25.8. The Labute approximate surface area is 219 Å². The second kappa shape index (κ2) is 12.1. The summed E-state index contributed by atoms with van der Waals surface area (Å²) in [5.74, 6) is 0. The number of aryl methyl sites for hydroxylation is 2. The van der Waals surface area contributed by atoms with Crippen molar-refractivity contribution in [1.82, 2.24) is 0 Å². The molecular formula is C32H34IrN-. The van der Waals surface area contributed by atoms with Gasteiger partial charge in [0, 0.05) is 27.2 Å². The van der Waals surface area contributed by atoms with E-state index in [4.69, 9.17) is 0 Å². The molecule has 4 aromatic rings. The molecule has 2 heteroatoms. The van der Waals surface area contributed by atoms with Crippen LogP contribution in [-0.4, -0.2) is 0 Å². The summed E-state index contributed by atoms with van der Waals surface area (Å²) in [6.07, 6.45) is 8.40. The average Bonchev–Trinajstić information content (AvgIpc) is 2.83. The van der Waals surface area contributed by atoms with Gasteiger partial charge in [-0.1, -0.05) is 80.8 Å². The molecule has 0 unspecified atom stereocenters. The Kier molecular flexibility index (Phi) is 9.16. The molecule has 1 heterocycles. The summed E-state index contributed by atoms with van der Waals surface area (Å²) in [6.45, 7) is 8.61. The Balaban J connectivity index is 0.00000324. The quantitative estimate of drug-likeness (QED) is 0.106. The standard InChI is InChI=1S/C32H34N.Ir/c1-5-6-7-8-11-26-12-9-13-27(20-26)28-14-10-15-29(21-28)30-18-17-25(3)31(22-30)32-19-16-24(2)23-33(32)4;/h9-10,12-23H,3-8,11H2,1-2H3;/q-1;. The van der Waals surface area contributed by atoms with E-state index >= 15 is 0 Å². The van der Waals surface area contributed by atoms with E-state index in [-0.39, 0.29) is 20.1 Å². The van der Waals surface area contributed by atoms with Crippen LogP contribution in [0.3, 0.4) is 0 Å². The van der Waals surface area contributed by atoms with Gasteiger partial charge in [0.1, 0.15) is 0 Å². The number of nitrogens with zero attached hydrogens (tertiary/aromatic N) is 1. The van der Waals surface area contributed by atoms with Gasteiger partial charge in [-0.3, -0.25) is 0 Å². The third kappa shape index (κ3) is 6.20. The summed E-state index contributed by atoms with van der Waals surface area (Å²) < 4.78 is 1.94. The maximum absolute atomic E-state index is 4.26. The summed E-state index contributed by atoms with van der Waals surface area (Å²) in [5, 5.41) is 0. The van der Waals surface area contributed by atoms with Crippen molar-refractivity contribution in [3.63, 3.8) is 0 Å². The molecule has 1 radical (unpaired) electrons. The molecule has 1 nitrogen and oxygen atoms in total. The fourth-order valence-electron chi connectivity index (χ4n) is 4.44. The van der Waals surface area contributed by atoms with E-state index in [1.165, 1.54) is 59.1 Å². The van der Waals surface area contributed by atoms with Crippen molar-refractivity contribution in [3.8, 4) is 33.5 Å². The van der Waals surface area contributed by atoms with Gasteiger partial charge in [-0.15, -0.1) is 17.7 Å². The Bertz CT molecular complexity index is 1240. The van der Waals surface area contributed by atoms with Crippen LogP contribution in [0.15, 0.2) is 85.1 Å². The minimum Gasteiger partial charge on any atom is -0.343 e. The van der Waals surface area contributed by atoms with Crippen LogP contribution in [0.5, 0.6) is 0 Å². The molecule has 34 heavy (non-hydrogen) atoms. The van der Waals surface area contributed by atoms with Gasteiger partial charge >= 0.3 is 0 Å². The second-order valence-corrected chi connectivity index (χ2v) is 9.03. The van der Waals surface area contributed by atoms with E-state index in [1.807, 2.05) is 4.57 Å². The molecule has 0 aliphatic rings. The van der Waals surface area contributed by atoms with E-state index in [9.17, 15) is 0 Å². The Morgan fingerprint density at radius 1 is 0.735 bits per heavy atom. The fraction of sp³-hybridized carbons (Fsp3) is 0.219. The van der Waals surface area contributed by atoms with Gasteiger partial charge < -0.3 is 4.57 Å². The Morgan fingerprint density at radius 3 is 2.12 bits per heavy atom. The van der Waals surface area contributed by atoms with Crippen LogP contribution < -0.4 is 4.57 Å². The number of aromatic nitrogens is 1. The van der Waals surface area contributed by atoms with Crippen LogP contribution in [0.1, 0.15) is 49.3 Å². The predicted molar refractivity (Wildman–Crippen MR) is 141 cm³/mol. The second-order valence-electron chi connectivity index (χ2n) is 9.03. The van der Waals surface area contributed by atoms with Crippen molar-refractivity contribution in [3.05, 3.63) is 116 Å². The minimum absolute atomic E-state index is 0. The van der Waals surface area contributed by atoms with Gasteiger partial charge in [0.05, 0.1) is 11.9 Å². The minimum atomic E-state index is 0. The molecule has 0 N–H and O–H groups in total. The van der Waals surface area contributed by atoms with Gasteiger partial charge in [-0.25, -0.2) is 0 Å². The van der Waals surface area contributed by atoms with Crippen LogP contribution in [-0.2, 0) is 26.5 Å². The van der Waals surface area contributed by atoms with Crippen LogP contribution in [0.2, 0.25) is 0 Å². The van der Waals surface area contributed by atoms with Gasteiger partial charge in [0.25, 0.3) is 0 Å². The van der Waals surface area contributed by atoms with E-state index in [2.05, 4.69) is 113 Å². The van der Waals surface area contributed by atoms with Crippen molar-refractivity contribution in [1.29, 1.82) is 0 Å². The van der Waals surface area contributed by atoms with E-state index in [0.29, 0.717) is 0 Å². The number of hydrogen-bond donors (Lipinski definition) is 0. The molecule has 3 aromatic carbocycles. The van der Waals surface area contributed by atoms with Crippen molar-refractivity contribution in [2.24, 2.45) is 0 Å². The normalized spacial score (nSPS) is 10.6. The number of hydrogen-bond acceptors (Lipinski definition) is 0. The topological polar surface area (TPSA) is 3.88 Å². The average molecular weight is 625 g/mol. The molecule has 1 aromatic heterocycles. The largest absolute Gasteiger partial charge is 0.343 e.